The van der Waals surface area contributed by atoms with Crippen molar-refractivity contribution in [2.24, 2.45) is 0 Å². The average molecular weight is 341 g/mol. The van der Waals surface area contributed by atoms with E-state index in [1.165, 1.54) is 12.4 Å². The number of rotatable bonds is 8. The molecule has 0 saturated carbocycles. The SMILES string of the molecule is CCCNC(=O)c1cncc(C(=O)NCCc2ccc(OC)cc2)c1. The van der Waals surface area contributed by atoms with E-state index in [-0.39, 0.29) is 11.8 Å². The number of methoxy groups -OCH3 is 1. The van der Waals surface area contributed by atoms with Crippen molar-refractivity contribution in [1.82, 2.24) is 15.6 Å². The molecule has 0 aliphatic carbocycles. The number of carbonyl (C=O) groups is 2. The number of carbonyl (C=O) groups excluding carboxylic acids is 2. The number of nitrogens with one attached hydrogen (secondary N) is 2. The van der Waals surface area contributed by atoms with E-state index >= 15 is 0 Å². The van der Waals surface area contributed by atoms with Gasteiger partial charge >= 0.3 is 0 Å². The van der Waals surface area contributed by atoms with Crippen molar-refractivity contribution < 1.29 is 14.3 Å². The maximum Gasteiger partial charge on any atom is 0.252 e. The van der Waals surface area contributed by atoms with Crippen LogP contribution in [0.5, 0.6) is 5.75 Å². The van der Waals surface area contributed by atoms with Crippen LogP contribution >= 0.6 is 0 Å². The molecular formula is C19H23N3O3. The van der Waals surface area contributed by atoms with Gasteiger partial charge in [0.05, 0.1) is 18.2 Å². The number of hydrogen-bond acceptors (Lipinski definition) is 4. The molecule has 25 heavy (non-hydrogen) atoms. The summed E-state index contributed by atoms with van der Waals surface area (Å²) in [4.78, 5) is 28.1. The predicted octanol–water partition coefficient (Wildman–Crippen LogP) is 2.20. The molecule has 2 rings (SSSR count). The third-order valence-corrected chi connectivity index (χ3v) is 3.66. The zero-order valence-electron chi connectivity index (χ0n) is 14.5. The monoisotopic (exact) mass is 341 g/mol. The van der Waals surface area contributed by atoms with Gasteiger partial charge in [-0.05, 0) is 36.6 Å². The van der Waals surface area contributed by atoms with Crippen LogP contribution in [0.4, 0.5) is 0 Å². The summed E-state index contributed by atoms with van der Waals surface area (Å²) in [6, 6.07) is 9.26. The van der Waals surface area contributed by atoms with Gasteiger partial charge in [-0.25, -0.2) is 0 Å². The Morgan fingerprint density at radius 2 is 1.60 bits per heavy atom. The molecule has 0 bridgehead atoms. The number of pyridine rings is 1. The Morgan fingerprint density at radius 1 is 1.00 bits per heavy atom. The fraction of sp³-hybridized carbons (Fsp3) is 0.316. The van der Waals surface area contributed by atoms with Crippen LogP contribution in [0.2, 0.25) is 0 Å². The molecule has 6 heteroatoms. The lowest BCUT2D eigenvalue weighted by Crippen LogP contribution is -2.27. The normalized spacial score (nSPS) is 10.2. The van der Waals surface area contributed by atoms with Gasteiger partial charge in [-0.1, -0.05) is 19.1 Å². The molecule has 0 unspecified atom stereocenters. The van der Waals surface area contributed by atoms with Crippen molar-refractivity contribution >= 4 is 11.8 Å². The first-order valence-electron chi connectivity index (χ1n) is 8.28. The summed E-state index contributed by atoms with van der Waals surface area (Å²) in [5, 5.41) is 5.61. The second-order valence-corrected chi connectivity index (χ2v) is 5.57. The summed E-state index contributed by atoms with van der Waals surface area (Å²) in [7, 11) is 1.62. The van der Waals surface area contributed by atoms with Gasteiger partial charge in [0.15, 0.2) is 0 Å². The van der Waals surface area contributed by atoms with Crippen molar-refractivity contribution in [1.29, 1.82) is 0 Å². The lowest BCUT2D eigenvalue weighted by Gasteiger charge is -2.08. The quantitative estimate of drug-likeness (QED) is 0.771. The van der Waals surface area contributed by atoms with Crippen LogP contribution in [0, 0.1) is 0 Å². The summed E-state index contributed by atoms with van der Waals surface area (Å²) < 4.78 is 5.12. The van der Waals surface area contributed by atoms with Crippen molar-refractivity contribution in [2.75, 3.05) is 20.2 Å². The van der Waals surface area contributed by atoms with Crippen molar-refractivity contribution in [3.8, 4) is 5.75 Å². The fourth-order valence-corrected chi connectivity index (χ4v) is 2.24. The van der Waals surface area contributed by atoms with Crippen molar-refractivity contribution in [3.63, 3.8) is 0 Å². The predicted molar refractivity (Wildman–Crippen MR) is 95.9 cm³/mol. The molecular weight excluding hydrogens is 318 g/mol. The molecule has 132 valence electrons. The molecule has 0 aliphatic rings. The second kappa shape index (κ2) is 9.42. The van der Waals surface area contributed by atoms with E-state index in [0.717, 1.165) is 17.7 Å². The number of nitrogens with zero attached hydrogens (tertiary/aromatic N) is 1. The highest BCUT2D eigenvalue weighted by Gasteiger charge is 2.10. The Labute approximate surface area is 147 Å². The zero-order chi connectivity index (χ0) is 18.1. The molecule has 0 aliphatic heterocycles. The Kier molecular flexibility index (Phi) is 6.95. The third kappa shape index (κ3) is 5.60. The average Bonchev–Trinajstić information content (AvgIpc) is 2.66. The molecule has 0 saturated heterocycles. The largest absolute Gasteiger partial charge is 0.497 e. The molecule has 2 N–H and O–H groups in total. The van der Waals surface area contributed by atoms with E-state index in [9.17, 15) is 9.59 Å². The molecule has 2 aromatic rings. The Bertz CT molecular complexity index is 714. The van der Waals surface area contributed by atoms with Crippen LogP contribution in [0.25, 0.3) is 0 Å². The molecule has 0 radical (unpaired) electrons. The Morgan fingerprint density at radius 3 is 2.16 bits per heavy atom. The topological polar surface area (TPSA) is 80.3 Å². The highest BCUT2D eigenvalue weighted by atomic mass is 16.5. The van der Waals surface area contributed by atoms with Crippen LogP contribution in [0.3, 0.4) is 0 Å². The molecule has 1 aromatic heterocycles. The van der Waals surface area contributed by atoms with Gasteiger partial charge in [0.2, 0.25) is 0 Å². The van der Waals surface area contributed by atoms with E-state index in [1.54, 1.807) is 13.2 Å². The van der Waals surface area contributed by atoms with Crippen molar-refractivity contribution in [3.05, 3.63) is 59.4 Å². The van der Waals surface area contributed by atoms with Gasteiger partial charge in [-0.2, -0.15) is 0 Å². The fourth-order valence-electron chi connectivity index (χ4n) is 2.24. The van der Waals surface area contributed by atoms with E-state index in [0.29, 0.717) is 30.6 Å². The second-order valence-electron chi connectivity index (χ2n) is 5.57. The number of amides is 2. The summed E-state index contributed by atoms with van der Waals surface area (Å²) in [6.45, 7) is 3.07. The minimum atomic E-state index is -0.244. The lowest BCUT2D eigenvalue weighted by atomic mass is 10.1. The first-order valence-corrected chi connectivity index (χ1v) is 8.28. The minimum absolute atomic E-state index is 0.220. The van der Waals surface area contributed by atoms with E-state index < -0.39 is 0 Å². The lowest BCUT2D eigenvalue weighted by molar-refractivity contribution is 0.0953. The molecule has 1 aromatic carbocycles. The molecule has 0 atom stereocenters. The van der Waals surface area contributed by atoms with Gasteiger partial charge in [-0.15, -0.1) is 0 Å². The van der Waals surface area contributed by atoms with Gasteiger partial charge in [0.25, 0.3) is 11.8 Å². The van der Waals surface area contributed by atoms with Crippen LogP contribution in [-0.2, 0) is 6.42 Å². The third-order valence-electron chi connectivity index (χ3n) is 3.66. The Balaban J connectivity index is 1.88. The molecule has 0 spiro atoms. The van der Waals surface area contributed by atoms with E-state index in [2.05, 4.69) is 15.6 Å². The van der Waals surface area contributed by atoms with Crippen LogP contribution in [0.1, 0.15) is 39.6 Å². The van der Waals surface area contributed by atoms with Crippen molar-refractivity contribution in [2.45, 2.75) is 19.8 Å². The number of benzene rings is 1. The molecule has 0 fully saturated rings. The first kappa shape index (κ1) is 18.4. The van der Waals surface area contributed by atoms with Gasteiger partial charge < -0.3 is 15.4 Å². The van der Waals surface area contributed by atoms with Crippen LogP contribution in [-0.4, -0.2) is 37.0 Å². The highest BCUT2D eigenvalue weighted by Crippen LogP contribution is 2.11. The summed E-state index contributed by atoms with van der Waals surface area (Å²) in [5.41, 5.74) is 1.86. The minimum Gasteiger partial charge on any atom is -0.497 e. The number of hydrogen-bond donors (Lipinski definition) is 2. The highest BCUT2D eigenvalue weighted by molar-refractivity contribution is 5.99. The number of aromatic nitrogens is 1. The van der Waals surface area contributed by atoms with Gasteiger partial charge in [-0.3, -0.25) is 14.6 Å². The standard InChI is InChI=1S/C19H23N3O3/c1-3-9-21-18(23)15-11-16(13-20-12-15)19(24)22-10-8-14-4-6-17(25-2)7-5-14/h4-7,11-13H,3,8-10H2,1-2H3,(H,21,23)(H,22,24). The maximum atomic E-state index is 12.2. The summed E-state index contributed by atoms with van der Waals surface area (Å²) in [5.74, 6) is 0.338. The van der Waals surface area contributed by atoms with E-state index in [1.807, 2.05) is 31.2 Å². The summed E-state index contributed by atoms with van der Waals surface area (Å²) in [6.07, 6.45) is 4.48. The summed E-state index contributed by atoms with van der Waals surface area (Å²) >= 11 is 0. The smallest absolute Gasteiger partial charge is 0.252 e. The molecule has 6 nitrogen and oxygen atoms in total. The zero-order valence-corrected chi connectivity index (χ0v) is 14.5. The van der Waals surface area contributed by atoms with Gasteiger partial charge in [0, 0.05) is 25.5 Å². The van der Waals surface area contributed by atoms with Crippen LogP contribution in [0.15, 0.2) is 42.7 Å². The van der Waals surface area contributed by atoms with Crippen LogP contribution < -0.4 is 15.4 Å². The molecule has 2 amide bonds. The maximum absolute atomic E-state index is 12.2. The number of ether oxygens (including phenoxy) is 1. The molecule has 1 heterocycles. The Hall–Kier alpha value is -2.89. The van der Waals surface area contributed by atoms with E-state index in [4.69, 9.17) is 4.74 Å². The van der Waals surface area contributed by atoms with Gasteiger partial charge in [0.1, 0.15) is 5.75 Å². The first-order chi connectivity index (χ1) is 12.1.